The van der Waals surface area contributed by atoms with Gasteiger partial charge in [-0.25, -0.2) is 4.79 Å². The highest BCUT2D eigenvalue weighted by Gasteiger charge is 2.08. The van der Waals surface area contributed by atoms with Gasteiger partial charge in [-0.3, -0.25) is 4.79 Å². The topological polar surface area (TPSA) is 92.2 Å². The zero-order chi connectivity index (χ0) is 15.2. The second-order valence-electron chi connectivity index (χ2n) is 4.07. The number of hydrogen-bond donors (Lipinski definition) is 2. The maximum Gasteiger partial charge on any atom is 0.335 e. The summed E-state index contributed by atoms with van der Waals surface area (Å²) in [6, 6.07) is 6.70. The Balaban J connectivity index is 1.90. The quantitative estimate of drug-likeness (QED) is 0.627. The molecule has 21 heavy (non-hydrogen) atoms. The number of carboxylic acids is 1. The minimum atomic E-state index is -0.936. The Morgan fingerprint density at radius 2 is 2.00 bits per heavy atom. The number of nitrogens with one attached hydrogen (secondary N) is 1. The third kappa shape index (κ3) is 4.54. The van der Waals surface area contributed by atoms with Gasteiger partial charge in [0.05, 0.1) is 5.56 Å². The summed E-state index contributed by atoms with van der Waals surface area (Å²) in [5.74, 6) is -0.363. The summed E-state index contributed by atoms with van der Waals surface area (Å²) in [6.45, 7) is 1.77. The third-order valence-corrected chi connectivity index (χ3v) is 4.58. The molecule has 1 heterocycles. The molecule has 0 aliphatic carbocycles. The molecule has 0 aliphatic rings. The molecule has 0 radical (unpaired) electrons. The second kappa shape index (κ2) is 7.19. The highest BCUT2D eigenvalue weighted by atomic mass is 32.2. The lowest BCUT2D eigenvalue weighted by Crippen LogP contribution is -2.08. The molecule has 1 aromatic heterocycles. The first-order chi connectivity index (χ1) is 10.1. The number of rotatable bonds is 6. The molecule has 0 unspecified atom stereocenters. The van der Waals surface area contributed by atoms with Gasteiger partial charge in [-0.1, -0.05) is 42.2 Å². The fourth-order valence-corrected chi connectivity index (χ4v) is 3.14. The van der Waals surface area contributed by atoms with Crippen LogP contribution in [0, 0.1) is 0 Å². The number of thioether (sulfide) groups is 1. The number of benzene rings is 1. The lowest BCUT2D eigenvalue weighted by atomic mass is 10.1. The van der Waals surface area contributed by atoms with E-state index in [0.29, 0.717) is 17.3 Å². The second-order valence-corrected chi connectivity index (χ2v) is 6.27. The van der Waals surface area contributed by atoms with Gasteiger partial charge in [0.2, 0.25) is 11.0 Å². The molecule has 8 heteroatoms. The van der Waals surface area contributed by atoms with Crippen molar-refractivity contribution < 1.29 is 14.7 Å². The van der Waals surface area contributed by atoms with Gasteiger partial charge >= 0.3 is 5.97 Å². The predicted molar refractivity (Wildman–Crippen MR) is 81.8 cm³/mol. The van der Waals surface area contributed by atoms with Crippen LogP contribution in [-0.2, 0) is 10.5 Å². The van der Waals surface area contributed by atoms with Crippen molar-refractivity contribution in [2.24, 2.45) is 0 Å². The predicted octanol–water partition coefficient (Wildman–Crippen LogP) is 2.88. The largest absolute Gasteiger partial charge is 0.478 e. The smallest absolute Gasteiger partial charge is 0.335 e. The van der Waals surface area contributed by atoms with Gasteiger partial charge in [-0.2, -0.15) is 0 Å². The number of amides is 1. The van der Waals surface area contributed by atoms with Gasteiger partial charge in [-0.05, 0) is 17.7 Å². The van der Waals surface area contributed by atoms with E-state index in [-0.39, 0.29) is 11.5 Å². The van der Waals surface area contributed by atoms with Crippen LogP contribution in [0.4, 0.5) is 5.13 Å². The molecule has 0 bridgehead atoms. The molecule has 2 N–H and O–H groups in total. The highest BCUT2D eigenvalue weighted by molar-refractivity contribution is 8.00. The van der Waals surface area contributed by atoms with Crippen molar-refractivity contribution in [3.8, 4) is 0 Å². The fraction of sp³-hybridized carbons (Fsp3) is 0.231. The van der Waals surface area contributed by atoms with E-state index in [2.05, 4.69) is 15.5 Å². The average molecular weight is 323 g/mol. The lowest BCUT2D eigenvalue weighted by Gasteiger charge is -1.99. The minimum Gasteiger partial charge on any atom is -0.478 e. The van der Waals surface area contributed by atoms with Crippen molar-refractivity contribution in [1.82, 2.24) is 10.2 Å². The molecule has 0 fully saturated rings. The Hall–Kier alpha value is -1.93. The summed E-state index contributed by atoms with van der Waals surface area (Å²) >= 11 is 2.81. The van der Waals surface area contributed by atoms with E-state index in [1.807, 2.05) is 0 Å². The molecule has 0 saturated carbocycles. The van der Waals surface area contributed by atoms with Crippen molar-refractivity contribution in [3.63, 3.8) is 0 Å². The van der Waals surface area contributed by atoms with Crippen molar-refractivity contribution in [2.75, 3.05) is 5.32 Å². The van der Waals surface area contributed by atoms with Crippen LogP contribution >= 0.6 is 23.1 Å². The molecule has 0 aliphatic heterocycles. The molecule has 0 atom stereocenters. The lowest BCUT2D eigenvalue weighted by molar-refractivity contribution is -0.115. The monoisotopic (exact) mass is 323 g/mol. The third-order valence-electron chi connectivity index (χ3n) is 2.54. The van der Waals surface area contributed by atoms with Crippen LogP contribution in [0.15, 0.2) is 28.6 Å². The molecule has 110 valence electrons. The minimum absolute atomic E-state index is 0.0908. The SMILES string of the molecule is CCC(=O)Nc1nnc(SCc2ccc(C(=O)O)cc2)s1. The Morgan fingerprint density at radius 3 is 2.62 bits per heavy atom. The Kier molecular flexibility index (Phi) is 5.29. The number of hydrogen-bond acceptors (Lipinski definition) is 6. The summed E-state index contributed by atoms with van der Waals surface area (Å²) in [5, 5.41) is 19.8. The number of aromatic carboxylic acids is 1. The van der Waals surface area contributed by atoms with E-state index in [4.69, 9.17) is 5.11 Å². The molecule has 2 rings (SSSR count). The van der Waals surface area contributed by atoms with E-state index < -0.39 is 5.97 Å². The van der Waals surface area contributed by atoms with E-state index in [1.165, 1.54) is 23.1 Å². The molecule has 6 nitrogen and oxygen atoms in total. The average Bonchev–Trinajstić information content (AvgIpc) is 2.93. The maximum absolute atomic E-state index is 11.2. The first-order valence-electron chi connectivity index (χ1n) is 6.17. The number of carbonyl (C=O) groups excluding carboxylic acids is 1. The van der Waals surface area contributed by atoms with Gasteiger partial charge < -0.3 is 10.4 Å². The molecular formula is C13H13N3O3S2. The van der Waals surface area contributed by atoms with Gasteiger partial charge in [0.25, 0.3) is 0 Å². The summed E-state index contributed by atoms with van der Waals surface area (Å²) < 4.78 is 0.753. The van der Waals surface area contributed by atoms with Crippen LogP contribution < -0.4 is 5.32 Å². The van der Waals surface area contributed by atoms with E-state index in [9.17, 15) is 9.59 Å². The number of nitrogens with zero attached hydrogens (tertiary/aromatic N) is 2. The maximum atomic E-state index is 11.2. The van der Waals surface area contributed by atoms with Gasteiger partial charge in [0.1, 0.15) is 0 Å². The summed E-state index contributed by atoms with van der Waals surface area (Å²) in [6.07, 6.45) is 0.401. The Labute approximate surface area is 129 Å². The van der Waals surface area contributed by atoms with Crippen molar-refractivity contribution >= 4 is 40.1 Å². The molecule has 0 saturated heterocycles. The fourth-order valence-electron chi connectivity index (χ4n) is 1.41. The van der Waals surface area contributed by atoms with Gasteiger partial charge in [-0.15, -0.1) is 10.2 Å². The normalized spacial score (nSPS) is 10.3. The van der Waals surface area contributed by atoms with Crippen LogP contribution in [0.1, 0.15) is 29.3 Å². The van der Waals surface area contributed by atoms with E-state index >= 15 is 0 Å². The molecule has 2 aromatic rings. The highest BCUT2D eigenvalue weighted by Crippen LogP contribution is 2.28. The number of carboxylic acid groups (broad SMARTS) is 1. The van der Waals surface area contributed by atoms with Crippen molar-refractivity contribution in [2.45, 2.75) is 23.4 Å². The van der Waals surface area contributed by atoms with E-state index in [1.54, 1.807) is 31.2 Å². The first kappa shape index (κ1) is 15.5. The van der Waals surface area contributed by atoms with Crippen molar-refractivity contribution in [1.29, 1.82) is 0 Å². The number of anilines is 1. The molecular weight excluding hydrogens is 310 g/mol. The number of carbonyl (C=O) groups is 2. The van der Waals surface area contributed by atoms with E-state index in [0.717, 1.165) is 9.90 Å². The summed E-state index contributed by atoms with van der Waals surface area (Å²) in [5.41, 5.74) is 1.27. The van der Waals surface area contributed by atoms with Gasteiger partial charge in [0.15, 0.2) is 4.34 Å². The van der Waals surface area contributed by atoms with Crippen LogP contribution in [0.25, 0.3) is 0 Å². The zero-order valence-electron chi connectivity index (χ0n) is 11.2. The molecule has 1 amide bonds. The number of aromatic nitrogens is 2. The van der Waals surface area contributed by atoms with Crippen LogP contribution in [0.5, 0.6) is 0 Å². The summed E-state index contributed by atoms with van der Waals surface area (Å²) in [4.78, 5) is 22.0. The standard InChI is InChI=1S/C13H13N3O3S2/c1-2-10(17)14-12-15-16-13(21-12)20-7-8-3-5-9(6-4-8)11(18)19/h3-6H,2,7H2,1H3,(H,18,19)(H,14,15,17). The van der Waals surface area contributed by atoms with Crippen LogP contribution in [-0.4, -0.2) is 27.2 Å². The summed E-state index contributed by atoms with van der Waals surface area (Å²) in [7, 11) is 0. The Morgan fingerprint density at radius 1 is 1.29 bits per heavy atom. The first-order valence-corrected chi connectivity index (χ1v) is 7.97. The van der Waals surface area contributed by atoms with Crippen LogP contribution in [0.3, 0.4) is 0 Å². The zero-order valence-corrected chi connectivity index (χ0v) is 12.8. The van der Waals surface area contributed by atoms with Crippen molar-refractivity contribution in [3.05, 3.63) is 35.4 Å². The van der Waals surface area contributed by atoms with Crippen LogP contribution in [0.2, 0.25) is 0 Å². The Bertz CT molecular complexity index is 640. The molecule has 1 aromatic carbocycles. The van der Waals surface area contributed by atoms with Gasteiger partial charge in [0, 0.05) is 12.2 Å². The molecule has 0 spiro atoms.